The molecule has 0 heterocycles. The minimum atomic E-state index is -0.988. The molecule has 0 aliphatic heterocycles. The van der Waals surface area contributed by atoms with Crippen LogP contribution in [0, 0.1) is 22.0 Å². The fourth-order valence-corrected chi connectivity index (χ4v) is 1.91. The molecule has 0 radical (unpaired) electrons. The Bertz CT molecular complexity index is 586. The maximum Gasteiger partial charge on any atom is 0.551 e. The van der Waals surface area contributed by atoms with Crippen LogP contribution >= 0.6 is 0 Å². The zero-order valence-electron chi connectivity index (χ0n) is 11.8. The van der Waals surface area contributed by atoms with Crippen molar-refractivity contribution >= 4 is 11.8 Å². The zero-order valence-corrected chi connectivity index (χ0v) is 11.8. The molecule has 1 aromatic carbocycles. The Balaban J connectivity index is 1.80. The molecule has 7 nitrogen and oxygen atoms in total. The number of nitro benzene ring substituents is 1. The van der Waals surface area contributed by atoms with Gasteiger partial charge in [0.05, 0.1) is 4.92 Å². The average Bonchev–Trinajstić information content (AvgIpc) is 2.48. The van der Waals surface area contributed by atoms with Gasteiger partial charge in [0.2, 0.25) is 0 Å². The van der Waals surface area contributed by atoms with Crippen molar-refractivity contribution in [3.8, 4) is 17.6 Å². The largest absolute Gasteiger partial charge is 0.551 e. The van der Waals surface area contributed by atoms with Gasteiger partial charge in [0.25, 0.3) is 5.69 Å². The molecule has 1 atom stereocenters. The van der Waals surface area contributed by atoms with E-state index in [1.54, 1.807) is 0 Å². The topological polar surface area (TPSA) is 87.9 Å². The number of ether oxygens (including phenoxy) is 1. The highest BCUT2D eigenvalue weighted by Gasteiger charge is 2.15. The van der Waals surface area contributed by atoms with Crippen LogP contribution in [0.2, 0.25) is 0 Å². The Hall–Kier alpha value is -2.75. The van der Waals surface area contributed by atoms with Gasteiger partial charge in [-0.15, -0.1) is 0 Å². The van der Waals surface area contributed by atoms with Crippen molar-refractivity contribution in [2.24, 2.45) is 0 Å². The van der Waals surface area contributed by atoms with Crippen LogP contribution in [0.25, 0.3) is 0 Å². The van der Waals surface area contributed by atoms with Crippen LogP contribution in [0.5, 0.6) is 5.75 Å². The van der Waals surface area contributed by atoms with Crippen LogP contribution in [0.15, 0.2) is 24.3 Å². The van der Waals surface area contributed by atoms with E-state index in [0.717, 1.165) is 25.7 Å². The summed E-state index contributed by atoms with van der Waals surface area (Å²) in [6.45, 7) is 0. The molecule has 0 fully saturated rings. The standard InChI is InChI=1S/C15H15NO6/c17-15(20-13-6-4-2-1-3-5-7-13)22-21-14-10-8-12(9-11-14)16(18)19/h8-11,13H,1-4,6H2. The molecule has 0 spiro atoms. The first-order chi connectivity index (χ1) is 10.6. The van der Waals surface area contributed by atoms with Gasteiger partial charge in [0.15, 0.2) is 11.9 Å². The normalized spacial score (nSPS) is 17.2. The Kier molecular flexibility index (Phi) is 5.60. The molecule has 7 heteroatoms. The Morgan fingerprint density at radius 2 is 2.00 bits per heavy atom. The molecule has 1 unspecified atom stereocenters. The quantitative estimate of drug-likeness (QED) is 0.278. The van der Waals surface area contributed by atoms with Gasteiger partial charge in [0, 0.05) is 18.6 Å². The molecule has 1 aromatic rings. The number of carbonyl (C=O) groups excluding carboxylic acids is 1. The summed E-state index contributed by atoms with van der Waals surface area (Å²) in [5.74, 6) is 5.97. The molecule has 116 valence electrons. The number of hydrogen-bond donors (Lipinski definition) is 0. The van der Waals surface area contributed by atoms with Gasteiger partial charge < -0.3 is 4.74 Å². The van der Waals surface area contributed by atoms with E-state index in [0.29, 0.717) is 6.42 Å². The minimum Gasteiger partial charge on any atom is -0.415 e. The van der Waals surface area contributed by atoms with E-state index < -0.39 is 17.2 Å². The fraction of sp³-hybridized carbons (Fsp3) is 0.400. The van der Waals surface area contributed by atoms with Crippen molar-refractivity contribution in [3.05, 3.63) is 34.4 Å². The molecule has 0 saturated carbocycles. The summed E-state index contributed by atoms with van der Waals surface area (Å²) in [5.41, 5.74) is -0.0836. The summed E-state index contributed by atoms with van der Waals surface area (Å²) in [6, 6.07) is 5.12. The molecule has 1 aliphatic rings. The van der Waals surface area contributed by atoms with Gasteiger partial charge in [-0.2, -0.15) is 4.79 Å². The van der Waals surface area contributed by atoms with Crippen LogP contribution in [-0.2, 0) is 9.62 Å². The molecule has 0 N–H and O–H groups in total. The molecule has 2 rings (SSSR count). The summed E-state index contributed by atoms with van der Waals surface area (Å²) < 4.78 is 5.04. The lowest BCUT2D eigenvalue weighted by atomic mass is 10.1. The zero-order chi connectivity index (χ0) is 15.8. The Morgan fingerprint density at radius 3 is 2.73 bits per heavy atom. The first kappa shape index (κ1) is 15.6. The van der Waals surface area contributed by atoms with E-state index >= 15 is 0 Å². The van der Waals surface area contributed by atoms with Crippen molar-refractivity contribution in [2.75, 3.05) is 0 Å². The predicted molar refractivity (Wildman–Crippen MR) is 75.9 cm³/mol. The molecule has 0 bridgehead atoms. The summed E-state index contributed by atoms with van der Waals surface area (Å²) in [4.78, 5) is 30.7. The lowest BCUT2D eigenvalue weighted by molar-refractivity contribution is -0.384. The highest BCUT2D eigenvalue weighted by molar-refractivity contribution is 5.60. The second-order valence-corrected chi connectivity index (χ2v) is 4.69. The third kappa shape index (κ3) is 4.98. The number of nitro groups is 1. The first-order valence-electron chi connectivity index (χ1n) is 6.93. The van der Waals surface area contributed by atoms with Crippen LogP contribution in [-0.4, -0.2) is 17.2 Å². The number of rotatable bonds is 4. The Labute approximate surface area is 127 Å². The van der Waals surface area contributed by atoms with Crippen molar-refractivity contribution in [3.63, 3.8) is 0 Å². The smallest absolute Gasteiger partial charge is 0.415 e. The maximum absolute atomic E-state index is 11.5. The average molecular weight is 305 g/mol. The van der Waals surface area contributed by atoms with Gasteiger partial charge in [-0.3, -0.25) is 15.0 Å². The van der Waals surface area contributed by atoms with E-state index in [-0.39, 0.29) is 11.4 Å². The minimum absolute atomic E-state index is 0.0836. The lowest BCUT2D eigenvalue weighted by Gasteiger charge is -2.12. The first-order valence-corrected chi connectivity index (χ1v) is 6.93. The predicted octanol–water partition coefficient (Wildman–Crippen LogP) is 3.38. The third-order valence-electron chi connectivity index (χ3n) is 3.02. The number of carbonyl (C=O) groups is 1. The lowest BCUT2D eigenvalue weighted by Crippen LogP contribution is -2.19. The van der Waals surface area contributed by atoms with Gasteiger partial charge in [-0.25, -0.2) is 4.89 Å². The van der Waals surface area contributed by atoms with E-state index in [2.05, 4.69) is 16.7 Å². The summed E-state index contributed by atoms with van der Waals surface area (Å²) in [6.07, 6.45) is 3.05. The van der Waals surface area contributed by atoms with Gasteiger partial charge in [-0.1, -0.05) is 18.3 Å². The van der Waals surface area contributed by atoms with Crippen LogP contribution in [0.1, 0.15) is 32.1 Å². The van der Waals surface area contributed by atoms with E-state index in [1.165, 1.54) is 24.3 Å². The summed E-state index contributed by atoms with van der Waals surface area (Å²) in [7, 11) is 0. The summed E-state index contributed by atoms with van der Waals surface area (Å²) >= 11 is 0. The van der Waals surface area contributed by atoms with Crippen LogP contribution in [0.4, 0.5) is 10.5 Å². The second kappa shape index (κ2) is 7.88. The monoisotopic (exact) mass is 305 g/mol. The van der Waals surface area contributed by atoms with E-state index in [1.807, 2.05) is 0 Å². The number of non-ortho nitro benzene ring substituents is 1. The maximum atomic E-state index is 11.5. The molecule has 1 aliphatic carbocycles. The van der Waals surface area contributed by atoms with E-state index in [4.69, 9.17) is 9.62 Å². The molecular formula is C15H15NO6. The third-order valence-corrected chi connectivity index (χ3v) is 3.02. The molecule has 0 saturated heterocycles. The molecule has 0 amide bonds. The second-order valence-electron chi connectivity index (χ2n) is 4.69. The number of hydrogen-bond acceptors (Lipinski definition) is 6. The number of nitrogens with zero attached hydrogens (tertiary/aromatic N) is 1. The SMILES string of the molecule is O=C(OOc1ccc([N+](=O)[O-])cc1)OC1C#CCCCCC1. The van der Waals surface area contributed by atoms with Gasteiger partial charge >= 0.3 is 6.16 Å². The highest BCUT2D eigenvalue weighted by atomic mass is 17.2. The van der Waals surface area contributed by atoms with Crippen molar-refractivity contribution in [1.82, 2.24) is 0 Å². The Morgan fingerprint density at radius 1 is 1.23 bits per heavy atom. The van der Waals surface area contributed by atoms with Crippen molar-refractivity contribution < 1.29 is 24.2 Å². The van der Waals surface area contributed by atoms with Gasteiger partial charge in [-0.05, 0) is 31.4 Å². The molecule has 22 heavy (non-hydrogen) atoms. The van der Waals surface area contributed by atoms with E-state index in [9.17, 15) is 14.9 Å². The number of benzene rings is 1. The van der Waals surface area contributed by atoms with Crippen LogP contribution in [0.3, 0.4) is 0 Å². The molecule has 0 aromatic heterocycles. The van der Waals surface area contributed by atoms with Crippen molar-refractivity contribution in [2.45, 2.75) is 38.2 Å². The summed E-state index contributed by atoms with van der Waals surface area (Å²) in [5, 5.41) is 10.5. The molecular weight excluding hydrogens is 290 g/mol. The van der Waals surface area contributed by atoms with Crippen LogP contribution < -0.4 is 4.89 Å². The van der Waals surface area contributed by atoms with Gasteiger partial charge in [0.1, 0.15) is 0 Å². The highest BCUT2D eigenvalue weighted by Crippen LogP contribution is 2.18. The fourth-order valence-electron chi connectivity index (χ4n) is 1.91. The van der Waals surface area contributed by atoms with Crippen molar-refractivity contribution in [1.29, 1.82) is 0 Å².